The van der Waals surface area contributed by atoms with E-state index in [-0.39, 0.29) is 17.6 Å². The van der Waals surface area contributed by atoms with Crippen molar-refractivity contribution in [1.82, 2.24) is 24.3 Å². The van der Waals surface area contributed by atoms with Crippen LogP contribution < -0.4 is 10.9 Å². The summed E-state index contributed by atoms with van der Waals surface area (Å²) in [4.78, 5) is 21.7. The Hall–Kier alpha value is -3.25. The van der Waals surface area contributed by atoms with Crippen molar-refractivity contribution in [3.05, 3.63) is 88.4 Å². The van der Waals surface area contributed by atoms with E-state index in [2.05, 4.69) is 33.9 Å². The molecule has 1 aliphatic rings. The van der Waals surface area contributed by atoms with Gasteiger partial charge in [-0.15, -0.1) is 0 Å². The number of aromatic nitrogens is 4. The highest BCUT2D eigenvalue weighted by atomic mass is 16.1. The molecule has 6 nitrogen and oxygen atoms in total. The summed E-state index contributed by atoms with van der Waals surface area (Å²) >= 11 is 0. The molecule has 2 atom stereocenters. The predicted octanol–water partition coefficient (Wildman–Crippen LogP) is 3.96. The van der Waals surface area contributed by atoms with E-state index in [0.29, 0.717) is 0 Å². The van der Waals surface area contributed by atoms with Crippen LogP contribution in [-0.2, 0) is 7.05 Å². The van der Waals surface area contributed by atoms with E-state index in [1.54, 1.807) is 23.9 Å². The van der Waals surface area contributed by atoms with Crippen LogP contribution in [0.5, 0.6) is 0 Å². The molecule has 0 spiro atoms. The maximum atomic E-state index is 12.1. The van der Waals surface area contributed by atoms with Crippen LogP contribution in [-0.4, -0.2) is 18.9 Å². The summed E-state index contributed by atoms with van der Waals surface area (Å²) in [6.45, 7) is 2.12. The lowest BCUT2D eigenvalue weighted by Crippen LogP contribution is -2.32. The lowest BCUT2D eigenvalue weighted by molar-refractivity contribution is 0.321. The van der Waals surface area contributed by atoms with Gasteiger partial charge in [0.25, 0.3) is 5.56 Å². The summed E-state index contributed by atoms with van der Waals surface area (Å²) < 4.78 is 3.66. The minimum absolute atomic E-state index is 0.0210. The Labute approximate surface area is 175 Å². The first-order valence-corrected chi connectivity index (χ1v) is 10.4. The zero-order chi connectivity index (χ0) is 20.7. The van der Waals surface area contributed by atoms with Crippen LogP contribution in [0.15, 0.2) is 65.8 Å². The average Bonchev–Trinajstić information content (AvgIpc) is 3.21. The second-order valence-corrected chi connectivity index (χ2v) is 8.08. The first-order valence-electron chi connectivity index (χ1n) is 10.4. The monoisotopic (exact) mass is 399 g/mol. The van der Waals surface area contributed by atoms with Gasteiger partial charge >= 0.3 is 0 Å². The summed E-state index contributed by atoms with van der Waals surface area (Å²) in [5, 5.41) is 3.77. The molecule has 0 aliphatic carbocycles. The molecule has 1 fully saturated rings. The molecule has 6 heteroatoms. The largest absolute Gasteiger partial charge is 0.319 e. The molecule has 1 saturated heterocycles. The smallest absolute Gasteiger partial charge is 0.250 e. The van der Waals surface area contributed by atoms with Gasteiger partial charge in [-0.3, -0.25) is 14.2 Å². The fourth-order valence-electron chi connectivity index (χ4n) is 4.39. The Kier molecular flexibility index (Phi) is 4.71. The molecule has 2 unspecified atom stereocenters. The van der Waals surface area contributed by atoms with Gasteiger partial charge < -0.3 is 9.88 Å². The van der Waals surface area contributed by atoms with E-state index >= 15 is 0 Å². The topological polar surface area (TPSA) is 64.2 Å². The first kappa shape index (κ1) is 18.8. The maximum absolute atomic E-state index is 12.1. The van der Waals surface area contributed by atoms with Gasteiger partial charge in [0.05, 0.1) is 29.2 Å². The van der Waals surface area contributed by atoms with Crippen molar-refractivity contribution in [3.63, 3.8) is 0 Å². The molecule has 4 aromatic rings. The molecule has 5 heterocycles. The lowest BCUT2D eigenvalue weighted by Gasteiger charge is -2.30. The maximum Gasteiger partial charge on any atom is 0.250 e. The highest BCUT2D eigenvalue weighted by molar-refractivity contribution is 5.63. The molecule has 0 radical (unpaired) electrons. The number of aryl methyl sites for hydroxylation is 2. The minimum Gasteiger partial charge on any atom is -0.319 e. The highest BCUT2D eigenvalue weighted by Gasteiger charge is 2.27. The van der Waals surface area contributed by atoms with Crippen LogP contribution in [0.4, 0.5) is 0 Å². The molecule has 1 N–H and O–H groups in total. The number of piperidine rings is 1. The van der Waals surface area contributed by atoms with E-state index in [4.69, 9.17) is 4.98 Å². The van der Waals surface area contributed by atoms with Gasteiger partial charge in [-0.05, 0) is 56.0 Å². The van der Waals surface area contributed by atoms with Crippen molar-refractivity contribution in [1.29, 1.82) is 0 Å². The average molecular weight is 399 g/mol. The molecule has 5 rings (SSSR count). The van der Waals surface area contributed by atoms with E-state index in [1.807, 2.05) is 36.5 Å². The van der Waals surface area contributed by atoms with Gasteiger partial charge in [-0.2, -0.15) is 0 Å². The van der Waals surface area contributed by atoms with Crippen LogP contribution in [0.1, 0.15) is 48.3 Å². The number of pyridine rings is 3. The van der Waals surface area contributed by atoms with Gasteiger partial charge in [-0.1, -0.05) is 12.1 Å². The van der Waals surface area contributed by atoms with Gasteiger partial charge in [0.2, 0.25) is 0 Å². The van der Waals surface area contributed by atoms with E-state index < -0.39 is 0 Å². The van der Waals surface area contributed by atoms with Crippen LogP contribution in [0.2, 0.25) is 0 Å². The Bertz CT molecular complexity index is 1270. The van der Waals surface area contributed by atoms with Gasteiger partial charge in [0.1, 0.15) is 5.65 Å². The molecular weight excluding hydrogens is 374 g/mol. The van der Waals surface area contributed by atoms with Crippen LogP contribution >= 0.6 is 0 Å². The molecule has 152 valence electrons. The number of fused-ring (bicyclic) bond motifs is 1. The third kappa shape index (κ3) is 3.33. The van der Waals surface area contributed by atoms with Gasteiger partial charge in [-0.25, -0.2) is 4.98 Å². The third-order valence-electron chi connectivity index (χ3n) is 6.04. The second kappa shape index (κ2) is 7.54. The zero-order valence-electron chi connectivity index (χ0n) is 17.2. The predicted molar refractivity (Wildman–Crippen MR) is 117 cm³/mol. The van der Waals surface area contributed by atoms with Crippen molar-refractivity contribution in [2.24, 2.45) is 7.05 Å². The van der Waals surface area contributed by atoms with Crippen molar-refractivity contribution < 1.29 is 0 Å². The van der Waals surface area contributed by atoms with Crippen LogP contribution in [0, 0.1) is 6.92 Å². The number of hydrogen-bond acceptors (Lipinski definition) is 4. The summed E-state index contributed by atoms with van der Waals surface area (Å²) in [5.41, 5.74) is 6.12. The van der Waals surface area contributed by atoms with E-state index in [9.17, 15) is 4.79 Å². The molecule has 0 aromatic carbocycles. The molecule has 0 saturated carbocycles. The number of hydrogen-bond donors (Lipinski definition) is 1. The Morgan fingerprint density at radius 2 is 1.97 bits per heavy atom. The van der Waals surface area contributed by atoms with Crippen LogP contribution in [0.25, 0.3) is 16.9 Å². The van der Waals surface area contributed by atoms with Gasteiger partial charge in [0, 0.05) is 37.3 Å². The number of nitrogens with zero attached hydrogens (tertiary/aromatic N) is 4. The number of nitrogens with one attached hydrogen (secondary N) is 1. The summed E-state index contributed by atoms with van der Waals surface area (Å²) in [6, 6.07) is 14.2. The summed E-state index contributed by atoms with van der Waals surface area (Å²) in [6.07, 6.45) is 9.04. The third-order valence-corrected chi connectivity index (χ3v) is 6.04. The molecule has 4 aromatic heterocycles. The Morgan fingerprint density at radius 1 is 1.10 bits per heavy atom. The second-order valence-electron chi connectivity index (χ2n) is 8.08. The lowest BCUT2D eigenvalue weighted by atomic mass is 9.93. The fourth-order valence-corrected chi connectivity index (χ4v) is 4.39. The van der Waals surface area contributed by atoms with E-state index in [1.165, 1.54) is 5.56 Å². The minimum atomic E-state index is -0.0210. The SMILES string of the molecule is Cc1cccnc1C1CCCC(c2cn3c(-c4ccn(C)c(=O)c4)cccc3n2)N1. The van der Waals surface area contributed by atoms with Gasteiger partial charge in [0.15, 0.2) is 0 Å². The Morgan fingerprint density at radius 3 is 2.80 bits per heavy atom. The summed E-state index contributed by atoms with van der Waals surface area (Å²) in [7, 11) is 1.76. The molecule has 0 amide bonds. The normalized spacial score (nSPS) is 19.3. The van der Waals surface area contributed by atoms with Crippen molar-refractivity contribution in [2.75, 3.05) is 0 Å². The van der Waals surface area contributed by atoms with E-state index in [0.717, 1.165) is 47.6 Å². The van der Waals surface area contributed by atoms with Crippen molar-refractivity contribution in [3.8, 4) is 11.3 Å². The molecule has 1 aliphatic heterocycles. The number of rotatable bonds is 3. The zero-order valence-corrected chi connectivity index (χ0v) is 17.2. The van der Waals surface area contributed by atoms with Crippen LogP contribution in [0.3, 0.4) is 0 Å². The molecule has 30 heavy (non-hydrogen) atoms. The first-order chi connectivity index (χ1) is 14.6. The fraction of sp³-hybridized carbons (Fsp3) is 0.292. The van der Waals surface area contributed by atoms with Crippen molar-refractivity contribution >= 4 is 5.65 Å². The Balaban J connectivity index is 1.50. The van der Waals surface area contributed by atoms with Crippen molar-refractivity contribution in [2.45, 2.75) is 38.3 Å². The molecule has 0 bridgehead atoms. The standard InChI is InChI=1S/C24H25N5O/c1-16-6-5-12-25-24(16)19-8-3-7-18(26-19)20-15-29-21(9-4-10-22(29)27-20)17-11-13-28(2)23(30)14-17/h4-6,9-15,18-19,26H,3,7-8H2,1-2H3. The quantitative estimate of drug-likeness (QED) is 0.566. The molecular formula is C24H25N5O. The number of imidazole rings is 1. The summed E-state index contributed by atoms with van der Waals surface area (Å²) in [5.74, 6) is 0. The highest BCUT2D eigenvalue weighted by Crippen LogP contribution is 2.33.